The molecule has 0 unspecified atom stereocenters. The molecule has 0 aromatic rings. The van der Waals surface area contributed by atoms with Crippen LogP contribution in [0.5, 0.6) is 0 Å². The molecule has 0 bridgehead atoms. The molecule has 0 fully saturated rings. The molecule has 0 aromatic heterocycles. The van der Waals surface area contributed by atoms with Crippen molar-refractivity contribution in [2.75, 3.05) is 27.2 Å². The Kier molecular flexibility index (Phi) is 4.89. The Hall–Kier alpha value is -0.160. The van der Waals surface area contributed by atoms with Gasteiger partial charge in [-0.1, -0.05) is 0 Å². The van der Waals surface area contributed by atoms with Gasteiger partial charge in [-0.2, -0.15) is 5.53 Å². The van der Waals surface area contributed by atoms with Crippen molar-refractivity contribution >= 4 is 0 Å². The molecular formula is C4H14N4. The molecule has 4 nitrogen and oxygen atoms in total. The first kappa shape index (κ1) is 7.84. The lowest BCUT2D eigenvalue weighted by molar-refractivity contribution is 0.241. The highest BCUT2D eigenvalue weighted by molar-refractivity contribution is 4.42. The molecule has 0 amide bonds. The van der Waals surface area contributed by atoms with Gasteiger partial charge >= 0.3 is 0 Å². The third-order valence-corrected chi connectivity index (χ3v) is 0.918. The second-order valence-electron chi connectivity index (χ2n) is 1.65. The number of hydrogen-bond acceptors (Lipinski definition) is 4. The largest absolute Gasteiger partial charge is 0.318 e. The molecule has 0 aliphatic heterocycles. The number of nitrogens with two attached hydrogens (primary N) is 1. The van der Waals surface area contributed by atoms with Crippen molar-refractivity contribution in [3.63, 3.8) is 0 Å². The van der Waals surface area contributed by atoms with Crippen molar-refractivity contribution in [2.24, 2.45) is 5.84 Å². The highest BCUT2D eigenvalue weighted by Crippen LogP contribution is 1.65. The standard InChI is InChI=1S/C4H14N4/c1-6-3-4-8(2)7-5/h6-7H,3-5H2,1-2H3. The van der Waals surface area contributed by atoms with Gasteiger partial charge in [0.05, 0.1) is 0 Å². The molecule has 4 heteroatoms. The van der Waals surface area contributed by atoms with E-state index in [2.05, 4.69) is 10.9 Å². The van der Waals surface area contributed by atoms with Crippen molar-refractivity contribution in [3.05, 3.63) is 0 Å². The fourth-order valence-corrected chi connectivity index (χ4v) is 0.344. The third kappa shape index (κ3) is 4.01. The summed E-state index contributed by atoms with van der Waals surface area (Å²) in [5.74, 6) is 5.06. The SMILES string of the molecule is CNCCN(C)NN. The topological polar surface area (TPSA) is 53.3 Å². The van der Waals surface area contributed by atoms with E-state index in [1.165, 1.54) is 0 Å². The van der Waals surface area contributed by atoms with E-state index in [0.717, 1.165) is 13.1 Å². The van der Waals surface area contributed by atoms with Gasteiger partial charge in [0, 0.05) is 20.1 Å². The molecule has 0 saturated carbocycles. The van der Waals surface area contributed by atoms with Crippen LogP contribution in [-0.2, 0) is 0 Å². The van der Waals surface area contributed by atoms with Gasteiger partial charge in [0.1, 0.15) is 0 Å². The molecule has 0 rings (SSSR count). The Morgan fingerprint density at radius 3 is 2.62 bits per heavy atom. The molecule has 0 heterocycles. The number of rotatable bonds is 4. The van der Waals surface area contributed by atoms with E-state index >= 15 is 0 Å². The fraction of sp³-hybridized carbons (Fsp3) is 1.00. The number of likely N-dealkylation sites (N-methyl/N-ethyl adjacent to an activating group) is 2. The molecule has 0 saturated heterocycles. The first-order valence-electron chi connectivity index (χ1n) is 2.63. The number of hydrazine groups is 2. The van der Waals surface area contributed by atoms with Gasteiger partial charge in [-0.25, -0.2) is 5.01 Å². The summed E-state index contributed by atoms with van der Waals surface area (Å²) in [5.41, 5.74) is 2.49. The van der Waals surface area contributed by atoms with E-state index in [1.807, 2.05) is 14.1 Å². The van der Waals surface area contributed by atoms with Crippen LogP contribution in [0.2, 0.25) is 0 Å². The van der Waals surface area contributed by atoms with Crippen LogP contribution in [0, 0.1) is 0 Å². The summed E-state index contributed by atoms with van der Waals surface area (Å²) in [5, 5.41) is 4.80. The van der Waals surface area contributed by atoms with Crippen LogP contribution in [-0.4, -0.2) is 32.2 Å². The van der Waals surface area contributed by atoms with Gasteiger partial charge < -0.3 is 5.32 Å². The zero-order valence-electron chi connectivity index (χ0n) is 5.44. The summed E-state index contributed by atoms with van der Waals surface area (Å²) in [7, 11) is 3.79. The van der Waals surface area contributed by atoms with Crippen molar-refractivity contribution in [1.29, 1.82) is 0 Å². The van der Waals surface area contributed by atoms with Gasteiger partial charge in [0.25, 0.3) is 0 Å². The quantitative estimate of drug-likeness (QED) is 0.311. The average Bonchev–Trinajstić information content (AvgIpc) is 1.83. The maximum Gasteiger partial charge on any atom is 0.0266 e. The summed E-state index contributed by atoms with van der Waals surface area (Å²) < 4.78 is 0. The lowest BCUT2D eigenvalue weighted by atomic mass is 10.6. The molecule has 0 atom stereocenters. The van der Waals surface area contributed by atoms with E-state index in [0.29, 0.717) is 0 Å². The number of hydrogen-bond donors (Lipinski definition) is 3. The van der Waals surface area contributed by atoms with Gasteiger partial charge in [-0.3, -0.25) is 5.84 Å². The Balaban J connectivity index is 2.86. The maximum atomic E-state index is 5.06. The van der Waals surface area contributed by atoms with Crippen LogP contribution in [0.4, 0.5) is 0 Å². The van der Waals surface area contributed by atoms with Crippen LogP contribution >= 0.6 is 0 Å². The molecule has 8 heavy (non-hydrogen) atoms. The Morgan fingerprint density at radius 2 is 2.25 bits per heavy atom. The van der Waals surface area contributed by atoms with Gasteiger partial charge in [0.15, 0.2) is 0 Å². The Bertz CT molecular complexity index is 47.3. The van der Waals surface area contributed by atoms with Crippen LogP contribution in [0.1, 0.15) is 0 Å². The molecular weight excluding hydrogens is 104 g/mol. The first-order valence-corrected chi connectivity index (χ1v) is 2.63. The average molecular weight is 118 g/mol. The molecule has 0 aliphatic rings. The summed E-state index contributed by atoms with van der Waals surface area (Å²) in [6.45, 7) is 1.85. The van der Waals surface area contributed by atoms with E-state index in [4.69, 9.17) is 5.84 Å². The summed E-state index contributed by atoms with van der Waals surface area (Å²) >= 11 is 0. The van der Waals surface area contributed by atoms with Crippen LogP contribution in [0.25, 0.3) is 0 Å². The minimum atomic E-state index is 0.910. The second kappa shape index (κ2) is 4.99. The smallest absolute Gasteiger partial charge is 0.0266 e. The van der Waals surface area contributed by atoms with E-state index in [1.54, 1.807) is 5.01 Å². The predicted octanol–water partition coefficient (Wildman–Crippen LogP) is -1.48. The van der Waals surface area contributed by atoms with Crippen molar-refractivity contribution < 1.29 is 0 Å². The van der Waals surface area contributed by atoms with Crippen molar-refractivity contribution in [3.8, 4) is 0 Å². The lowest BCUT2D eigenvalue weighted by Crippen LogP contribution is -2.42. The highest BCUT2D eigenvalue weighted by atomic mass is 15.6. The zero-order valence-corrected chi connectivity index (χ0v) is 5.44. The van der Waals surface area contributed by atoms with Crippen LogP contribution in [0.15, 0.2) is 0 Å². The monoisotopic (exact) mass is 118 g/mol. The molecule has 0 aliphatic carbocycles. The van der Waals surface area contributed by atoms with E-state index < -0.39 is 0 Å². The van der Waals surface area contributed by atoms with Crippen molar-refractivity contribution in [1.82, 2.24) is 15.9 Å². The molecule has 4 N–H and O–H groups in total. The second-order valence-corrected chi connectivity index (χ2v) is 1.65. The van der Waals surface area contributed by atoms with Gasteiger partial charge in [-0.05, 0) is 7.05 Å². The lowest BCUT2D eigenvalue weighted by Gasteiger charge is -2.12. The molecule has 50 valence electrons. The first-order chi connectivity index (χ1) is 3.81. The zero-order chi connectivity index (χ0) is 6.41. The van der Waals surface area contributed by atoms with Gasteiger partial charge in [-0.15, -0.1) is 0 Å². The maximum absolute atomic E-state index is 5.06. The Morgan fingerprint density at radius 1 is 1.62 bits per heavy atom. The molecule has 0 aromatic carbocycles. The van der Waals surface area contributed by atoms with Crippen LogP contribution in [0.3, 0.4) is 0 Å². The predicted molar refractivity (Wildman–Crippen MR) is 33.9 cm³/mol. The normalized spacial score (nSPS) is 10.5. The number of nitrogens with zero attached hydrogens (tertiary/aromatic N) is 1. The van der Waals surface area contributed by atoms with E-state index in [-0.39, 0.29) is 0 Å². The van der Waals surface area contributed by atoms with Gasteiger partial charge in [0.2, 0.25) is 0 Å². The van der Waals surface area contributed by atoms with Crippen LogP contribution < -0.4 is 16.7 Å². The molecule has 0 spiro atoms. The number of nitrogens with one attached hydrogen (secondary N) is 2. The highest BCUT2D eigenvalue weighted by Gasteiger charge is 1.88. The minimum absolute atomic E-state index is 0.910. The van der Waals surface area contributed by atoms with E-state index in [9.17, 15) is 0 Å². The van der Waals surface area contributed by atoms with Crippen molar-refractivity contribution in [2.45, 2.75) is 0 Å². The minimum Gasteiger partial charge on any atom is -0.318 e. The summed E-state index contributed by atoms with van der Waals surface area (Å²) in [4.78, 5) is 0. The Labute approximate surface area is 50.0 Å². The third-order valence-electron chi connectivity index (χ3n) is 0.918. The summed E-state index contributed by atoms with van der Waals surface area (Å²) in [6.07, 6.45) is 0. The molecule has 0 radical (unpaired) electrons. The fourth-order valence-electron chi connectivity index (χ4n) is 0.344. The summed E-state index contributed by atoms with van der Waals surface area (Å²) in [6, 6.07) is 0.